The van der Waals surface area contributed by atoms with Crippen molar-refractivity contribution in [2.75, 3.05) is 32.7 Å². The molecule has 0 radical (unpaired) electrons. The zero-order valence-corrected chi connectivity index (χ0v) is 20.5. The molecule has 1 unspecified atom stereocenters. The minimum absolute atomic E-state index is 0.146. The van der Waals surface area contributed by atoms with Crippen LogP contribution in [0.1, 0.15) is 40.3 Å². The molecule has 6 rings (SSSR count). The summed E-state index contributed by atoms with van der Waals surface area (Å²) in [5.41, 5.74) is 6.13. The lowest BCUT2D eigenvalue weighted by atomic mass is 9.98. The largest absolute Gasteiger partial charge is 0.388 e. The van der Waals surface area contributed by atoms with Crippen molar-refractivity contribution in [2.24, 2.45) is 0 Å². The summed E-state index contributed by atoms with van der Waals surface area (Å²) in [5, 5.41) is 4.69. The quantitative estimate of drug-likeness (QED) is 0.408. The number of nitrogens with one attached hydrogen (secondary N) is 1. The number of imidazole rings is 1. The highest BCUT2D eigenvalue weighted by Gasteiger charge is 2.44. The molecule has 1 N–H and O–H groups in total. The number of carbonyl (C=O) groups is 1. The Balaban J connectivity index is 1.55. The Kier molecular flexibility index (Phi) is 4.79. The van der Waals surface area contributed by atoms with Crippen LogP contribution in [0.25, 0.3) is 22.2 Å². The molecule has 0 aliphatic carbocycles. The zero-order valence-electron chi connectivity index (χ0n) is 19.6. The van der Waals surface area contributed by atoms with Gasteiger partial charge in [0, 0.05) is 37.3 Å². The molecule has 0 fully saturated rings. The SMILES string of the molecule is CNc1cc(-c2ccc3nc4n(c3c2)[C@H]2CC4N(C)C(=O)c3cccc(F)c32)ccc1P(C)C. The highest BCUT2D eigenvalue weighted by atomic mass is 31.1. The molecular weight excluding hydrogens is 446 g/mol. The summed E-state index contributed by atoms with van der Waals surface area (Å²) in [6.45, 7) is 4.51. The number of fused-ring (bicyclic) bond motifs is 9. The standard InChI is InChI=1S/C27H26FN4OP/c1-29-20-12-15(9-11-24(20)34(3)4)16-8-10-19-21(13-16)32-22-14-23(26(32)30-19)31(2)27(33)17-6-5-7-18(28)25(17)22/h5-13,22-23,29H,14H2,1-4H3/t22-,23?/m0/s1. The van der Waals surface area contributed by atoms with Crippen LogP contribution in [-0.2, 0) is 0 Å². The highest BCUT2D eigenvalue weighted by molar-refractivity contribution is 7.64. The Morgan fingerprint density at radius 1 is 1.06 bits per heavy atom. The number of nitrogens with zero attached hydrogens (tertiary/aromatic N) is 3. The van der Waals surface area contributed by atoms with Gasteiger partial charge in [-0.2, -0.15) is 0 Å². The maximum absolute atomic E-state index is 15.1. The third-order valence-electron chi connectivity index (χ3n) is 7.26. The van der Waals surface area contributed by atoms with Gasteiger partial charge >= 0.3 is 0 Å². The van der Waals surface area contributed by atoms with E-state index in [2.05, 4.69) is 53.5 Å². The van der Waals surface area contributed by atoms with Crippen molar-refractivity contribution in [1.82, 2.24) is 14.5 Å². The van der Waals surface area contributed by atoms with Crippen molar-refractivity contribution in [3.05, 3.63) is 77.4 Å². The summed E-state index contributed by atoms with van der Waals surface area (Å²) in [6, 6.07) is 17.2. The van der Waals surface area contributed by atoms with Crippen LogP contribution in [0.3, 0.4) is 0 Å². The Morgan fingerprint density at radius 3 is 2.59 bits per heavy atom. The number of hydrogen-bond donors (Lipinski definition) is 1. The number of hydrogen-bond acceptors (Lipinski definition) is 3. The average Bonchev–Trinajstić information content (AvgIpc) is 3.36. The van der Waals surface area contributed by atoms with E-state index in [1.807, 2.05) is 13.1 Å². The lowest BCUT2D eigenvalue weighted by Gasteiger charge is -2.23. The molecule has 0 spiro atoms. The van der Waals surface area contributed by atoms with Crippen molar-refractivity contribution in [2.45, 2.75) is 18.5 Å². The Labute approximate surface area is 199 Å². The zero-order chi connectivity index (χ0) is 23.7. The number of halogens is 1. The van der Waals surface area contributed by atoms with Gasteiger partial charge in [-0.05, 0) is 60.1 Å². The monoisotopic (exact) mass is 472 g/mol. The van der Waals surface area contributed by atoms with E-state index in [0.29, 0.717) is 17.5 Å². The van der Waals surface area contributed by atoms with E-state index < -0.39 is 0 Å². The Bertz CT molecular complexity index is 1480. The molecule has 4 aromatic rings. The van der Waals surface area contributed by atoms with Gasteiger partial charge in [0.25, 0.3) is 5.91 Å². The topological polar surface area (TPSA) is 50.2 Å². The predicted molar refractivity (Wildman–Crippen MR) is 137 cm³/mol. The van der Waals surface area contributed by atoms with Gasteiger partial charge in [0.05, 0.1) is 23.1 Å². The number of rotatable bonds is 3. The van der Waals surface area contributed by atoms with Crippen LogP contribution in [0, 0.1) is 5.82 Å². The van der Waals surface area contributed by atoms with Crippen LogP contribution < -0.4 is 10.6 Å². The van der Waals surface area contributed by atoms with Crippen LogP contribution in [-0.4, -0.2) is 47.8 Å². The number of aromatic nitrogens is 2. The third kappa shape index (κ3) is 2.94. The lowest BCUT2D eigenvalue weighted by Crippen LogP contribution is -2.30. The third-order valence-corrected chi connectivity index (χ3v) is 8.61. The molecule has 2 aliphatic rings. The van der Waals surface area contributed by atoms with Crippen LogP contribution in [0.2, 0.25) is 0 Å². The highest BCUT2D eigenvalue weighted by Crippen LogP contribution is 2.48. The van der Waals surface area contributed by atoms with E-state index in [9.17, 15) is 4.79 Å². The van der Waals surface area contributed by atoms with Crippen LogP contribution in [0.5, 0.6) is 0 Å². The van der Waals surface area contributed by atoms with Gasteiger partial charge in [-0.3, -0.25) is 4.79 Å². The summed E-state index contributed by atoms with van der Waals surface area (Å²) in [7, 11) is 3.54. The first kappa shape index (κ1) is 21.3. The Hall–Kier alpha value is -3.24. The molecular formula is C27H26FN4OP. The van der Waals surface area contributed by atoms with E-state index in [-0.39, 0.29) is 31.7 Å². The summed E-state index contributed by atoms with van der Waals surface area (Å²) >= 11 is 0. The van der Waals surface area contributed by atoms with E-state index in [4.69, 9.17) is 4.98 Å². The molecule has 2 atom stereocenters. The molecule has 1 amide bonds. The number of carbonyl (C=O) groups excluding carboxylic acids is 1. The van der Waals surface area contributed by atoms with E-state index in [1.54, 1.807) is 24.1 Å². The smallest absolute Gasteiger partial charge is 0.254 e. The summed E-state index contributed by atoms with van der Waals surface area (Å²) < 4.78 is 17.3. The van der Waals surface area contributed by atoms with Crippen molar-refractivity contribution >= 4 is 35.9 Å². The second kappa shape index (κ2) is 7.64. The first-order valence-corrected chi connectivity index (χ1v) is 13.7. The maximum Gasteiger partial charge on any atom is 0.254 e. The number of benzene rings is 3. The molecule has 1 aromatic heterocycles. The van der Waals surface area contributed by atoms with Gasteiger partial charge in [-0.25, -0.2) is 9.37 Å². The minimum atomic E-state index is -0.333. The predicted octanol–water partition coefficient (Wildman–Crippen LogP) is 5.37. The van der Waals surface area contributed by atoms with E-state index in [0.717, 1.165) is 33.7 Å². The molecule has 172 valence electrons. The summed E-state index contributed by atoms with van der Waals surface area (Å²) in [5.74, 6) is 0.351. The summed E-state index contributed by atoms with van der Waals surface area (Å²) in [4.78, 5) is 19.7. The average molecular weight is 473 g/mol. The van der Waals surface area contributed by atoms with Gasteiger partial charge < -0.3 is 14.8 Å². The van der Waals surface area contributed by atoms with E-state index >= 15 is 4.39 Å². The fourth-order valence-corrected chi connectivity index (χ4v) is 6.58. The molecule has 2 aliphatic heterocycles. The maximum atomic E-state index is 15.1. The van der Waals surface area contributed by atoms with Crippen LogP contribution in [0.15, 0.2) is 54.6 Å². The van der Waals surface area contributed by atoms with Crippen molar-refractivity contribution in [3.63, 3.8) is 0 Å². The molecule has 0 saturated heterocycles. The lowest BCUT2D eigenvalue weighted by molar-refractivity contribution is 0.0734. The van der Waals surface area contributed by atoms with Crippen LogP contribution in [0.4, 0.5) is 10.1 Å². The van der Waals surface area contributed by atoms with Crippen molar-refractivity contribution in [1.29, 1.82) is 0 Å². The molecule has 7 heteroatoms. The normalized spacial score (nSPS) is 18.9. The molecule has 3 aromatic carbocycles. The first-order valence-electron chi connectivity index (χ1n) is 11.5. The van der Waals surface area contributed by atoms with Gasteiger partial charge in [0.1, 0.15) is 11.6 Å². The molecule has 34 heavy (non-hydrogen) atoms. The van der Waals surface area contributed by atoms with Crippen molar-refractivity contribution in [3.8, 4) is 11.1 Å². The minimum Gasteiger partial charge on any atom is -0.388 e. The van der Waals surface area contributed by atoms with Crippen LogP contribution >= 0.6 is 7.92 Å². The van der Waals surface area contributed by atoms with Gasteiger partial charge in [0.2, 0.25) is 0 Å². The molecule has 5 nitrogen and oxygen atoms in total. The molecule has 2 bridgehead atoms. The number of amides is 1. The second-order valence-electron chi connectivity index (χ2n) is 9.30. The first-order chi connectivity index (χ1) is 16.4. The molecule has 0 saturated carbocycles. The summed E-state index contributed by atoms with van der Waals surface area (Å²) in [6.07, 6.45) is 0.633. The second-order valence-corrected chi connectivity index (χ2v) is 11.6. The fraction of sp³-hybridized carbons (Fsp3) is 0.259. The number of anilines is 1. The molecule has 3 heterocycles. The van der Waals surface area contributed by atoms with E-state index in [1.165, 1.54) is 11.4 Å². The van der Waals surface area contributed by atoms with Gasteiger partial charge in [-0.15, -0.1) is 0 Å². The van der Waals surface area contributed by atoms with Crippen molar-refractivity contribution < 1.29 is 9.18 Å². The van der Waals surface area contributed by atoms with Gasteiger partial charge in [-0.1, -0.05) is 32.2 Å². The fourth-order valence-electron chi connectivity index (χ4n) is 5.55. The van der Waals surface area contributed by atoms with Gasteiger partial charge in [0.15, 0.2) is 0 Å². The Morgan fingerprint density at radius 2 is 1.82 bits per heavy atom.